The van der Waals surface area contributed by atoms with Crippen molar-refractivity contribution in [1.82, 2.24) is 5.32 Å². The molecule has 0 radical (unpaired) electrons. The van der Waals surface area contributed by atoms with Crippen molar-refractivity contribution in [1.29, 1.82) is 0 Å². The number of unbranched alkanes of at least 4 members (excludes halogenated alkanes) is 1. The van der Waals surface area contributed by atoms with Crippen LogP contribution in [-0.2, 0) is 16.0 Å². The van der Waals surface area contributed by atoms with Gasteiger partial charge in [-0.15, -0.1) is 24.2 Å². The fourth-order valence-electron chi connectivity index (χ4n) is 3.74. The second-order valence-corrected chi connectivity index (χ2v) is 9.00. The zero-order valence-corrected chi connectivity index (χ0v) is 20.3. The van der Waals surface area contributed by atoms with E-state index in [4.69, 9.17) is 24.4 Å². The number of nitrogens with one attached hydrogen (secondary N) is 1. The maximum absolute atomic E-state index is 10.9. The highest BCUT2D eigenvalue weighted by Gasteiger charge is 2.46. The maximum Gasteiger partial charge on any atom is 0.509 e. The Morgan fingerprint density at radius 3 is 2.32 bits per heavy atom. The van der Waals surface area contributed by atoms with Crippen molar-refractivity contribution in [2.24, 2.45) is 0 Å². The van der Waals surface area contributed by atoms with Crippen molar-refractivity contribution >= 4 is 36.5 Å². The Morgan fingerprint density at radius 2 is 1.68 bits per heavy atom. The highest BCUT2D eigenvalue weighted by molar-refractivity contribution is 7.99. The van der Waals surface area contributed by atoms with Crippen LogP contribution in [0.3, 0.4) is 0 Å². The van der Waals surface area contributed by atoms with Gasteiger partial charge >= 0.3 is 12.3 Å². The monoisotopic (exact) mass is 511 g/mol. The Hall–Kier alpha value is -2.62. The summed E-state index contributed by atoms with van der Waals surface area (Å²) in [6.45, 7) is 1.22. The zero-order valence-electron chi connectivity index (χ0n) is 18.7. The highest BCUT2D eigenvalue weighted by Crippen LogP contribution is 2.35. The molecule has 0 saturated heterocycles. The normalized spacial score (nSPS) is 16.3. The van der Waals surface area contributed by atoms with Gasteiger partial charge in [0.25, 0.3) is 5.79 Å². The third kappa shape index (κ3) is 9.32. The summed E-state index contributed by atoms with van der Waals surface area (Å²) in [5, 5.41) is 21.1. The summed E-state index contributed by atoms with van der Waals surface area (Å²) >= 11 is 1.85. The average Bonchev–Trinajstić information content (AvgIpc) is 3.17. The Kier molecular flexibility index (Phi) is 11.3. The minimum atomic E-state index is -1.65. The molecule has 10 heteroatoms. The van der Waals surface area contributed by atoms with Gasteiger partial charge in [-0.25, -0.2) is 9.59 Å². The molecule has 0 aromatic heterocycles. The third-order valence-electron chi connectivity index (χ3n) is 5.32. The van der Waals surface area contributed by atoms with Crippen molar-refractivity contribution < 1.29 is 34.0 Å². The Morgan fingerprint density at radius 1 is 1.00 bits per heavy atom. The number of halogens is 1. The van der Waals surface area contributed by atoms with E-state index in [0.717, 1.165) is 29.9 Å². The lowest BCUT2D eigenvalue weighted by atomic mass is 10.2. The van der Waals surface area contributed by atoms with Crippen molar-refractivity contribution in [2.75, 3.05) is 12.4 Å². The van der Waals surface area contributed by atoms with Gasteiger partial charge in [0.1, 0.15) is 5.75 Å². The Labute approximate surface area is 209 Å². The van der Waals surface area contributed by atoms with E-state index < -0.39 is 18.1 Å². The lowest BCUT2D eigenvalue weighted by Crippen LogP contribution is -2.39. The van der Waals surface area contributed by atoms with Crippen LogP contribution in [0.25, 0.3) is 0 Å². The fraction of sp³-hybridized carbons (Fsp3) is 0.417. The standard InChI is InChI=1S/C24H29NO7S.ClH/c26-22(27)31-24(32-23(28)29)13-12-19(16-24)25-17-18-8-10-20(11-9-18)30-14-4-5-15-33-21-6-2-1-3-7-21;/h1-3,6-11,19,25H,4-5,12-17H2,(H,26,27)(H,28,29);1H. The SMILES string of the molecule is Cl.O=C(O)OC1(OC(=O)O)CCC(NCc2ccc(OCCCCSc3ccccc3)cc2)C1. The van der Waals surface area contributed by atoms with Gasteiger partial charge in [-0.2, -0.15) is 0 Å². The summed E-state index contributed by atoms with van der Waals surface area (Å²) in [5.74, 6) is 0.237. The molecule has 3 rings (SSSR count). The molecule has 1 aliphatic rings. The van der Waals surface area contributed by atoms with Gasteiger partial charge in [0.15, 0.2) is 0 Å². The van der Waals surface area contributed by atoms with Crippen molar-refractivity contribution in [3.05, 3.63) is 60.2 Å². The molecule has 2 aromatic carbocycles. The molecule has 0 aliphatic heterocycles. The molecule has 34 heavy (non-hydrogen) atoms. The minimum absolute atomic E-state index is 0. The number of benzene rings is 2. The molecule has 1 atom stereocenters. The first-order valence-corrected chi connectivity index (χ1v) is 11.9. The molecule has 0 heterocycles. The van der Waals surface area contributed by atoms with Gasteiger partial charge in [0, 0.05) is 30.3 Å². The molecule has 2 aromatic rings. The smallest absolute Gasteiger partial charge is 0.494 e. The molecule has 0 amide bonds. The molecule has 0 spiro atoms. The first kappa shape index (κ1) is 27.6. The summed E-state index contributed by atoms with van der Waals surface area (Å²) < 4.78 is 15.3. The lowest BCUT2D eigenvalue weighted by Gasteiger charge is -2.26. The van der Waals surface area contributed by atoms with Crippen molar-refractivity contribution in [3.63, 3.8) is 0 Å². The molecule has 8 nitrogen and oxygen atoms in total. The molecule has 1 saturated carbocycles. The second kappa shape index (κ2) is 13.9. The van der Waals surface area contributed by atoms with E-state index in [1.807, 2.05) is 54.2 Å². The third-order valence-corrected chi connectivity index (χ3v) is 6.41. The van der Waals surface area contributed by atoms with Crippen LogP contribution in [0.15, 0.2) is 59.5 Å². The fourth-order valence-corrected chi connectivity index (χ4v) is 4.67. The van der Waals surface area contributed by atoms with Crippen LogP contribution in [0.2, 0.25) is 0 Å². The number of rotatable bonds is 12. The molecular weight excluding hydrogens is 482 g/mol. The van der Waals surface area contributed by atoms with E-state index in [1.165, 1.54) is 4.90 Å². The van der Waals surface area contributed by atoms with E-state index >= 15 is 0 Å². The van der Waals surface area contributed by atoms with Gasteiger partial charge in [0.05, 0.1) is 6.61 Å². The van der Waals surface area contributed by atoms with Crippen molar-refractivity contribution in [3.8, 4) is 5.75 Å². The van der Waals surface area contributed by atoms with Gasteiger partial charge in [-0.3, -0.25) is 0 Å². The first-order chi connectivity index (χ1) is 15.9. The maximum atomic E-state index is 10.9. The predicted octanol–water partition coefficient (Wildman–Crippen LogP) is 5.79. The van der Waals surface area contributed by atoms with Gasteiger partial charge in [-0.1, -0.05) is 30.3 Å². The zero-order chi connectivity index (χ0) is 23.5. The molecule has 3 N–H and O–H groups in total. The van der Waals surface area contributed by atoms with E-state index in [0.29, 0.717) is 19.6 Å². The van der Waals surface area contributed by atoms with Crippen molar-refractivity contribution in [2.45, 2.75) is 55.4 Å². The van der Waals surface area contributed by atoms with E-state index in [1.54, 1.807) is 0 Å². The number of hydrogen-bond acceptors (Lipinski definition) is 7. The largest absolute Gasteiger partial charge is 0.509 e. The topological polar surface area (TPSA) is 114 Å². The summed E-state index contributed by atoms with van der Waals surface area (Å²) in [5.41, 5.74) is 1.04. The number of carbonyl (C=O) groups is 2. The number of hydrogen-bond donors (Lipinski definition) is 3. The summed E-state index contributed by atoms with van der Waals surface area (Å²) in [6.07, 6.45) is -0.171. The molecule has 186 valence electrons. The van der Waals surface area contributed by atoms with Crippen LogP contribution in [0, 0.1) is 0 Å². The van der Waals surface area contributed by atoms with Crippen LogP contribution in [0.4, 0.5) is 9.59 Å². The molecule has 0 bridgehead atoms. The van der Waals surface area contributed by atoms with Gasteiger partial charge in [-0.05, 0) is 54.8 Å². The first-order valence-electron chi connectivity index (χ1n) is 10.9. The second-order valence-electron chi connectivity index (χ2n) is 7.83. The van der Waals surface area contributed by atoms with Crippen LogP contribution in [-0.4, -0.2) is 46.7 Å². The molecule has 1 aliphatic carbocycles. The highest BCUT2D eigenvalue weighted by atomic mass is 35.5. The summed E-state index contributed by atoms with van der Waals surface area (Å²) in [6, 6.07) is 18.0. The molecular formula is C24H30ClNO7S. The minimum Gasteiger partial charge on any atom is -0.494 e. The molecule has 1 unspecified atom stereocenters. The quantitative estimate of drug-likeness (QED) is 0.141. The van der Waals surface area contributed by atoms with E-state index in [9.17, 15) is 9.59 Å². The van der Waals surface area contributed by atoms with Gasteiger partial charge in [0.2, 0.25) is 0 Å². The van der Waals surface area contributed by atoms with Crippen LogP contribution in [0.5, 0.6) is 5.75 Å². The Balaban J connectivity index is 0.00000408. The summed E-state index contributed by atoms with van der Waals surface area (Å²) in [4.78, 5) is 23.1. The van der Waals surface area contributed by atoms with Crippen LogP contribution < -0.4 is 10.1 Å². The number of carboxylic acid groups (broad SMARTS) is 2. The van der Waals surface area contributed by atoms with Crippen LogP contribution >= 0.6 is 24.2 Å². The van der Waals surface area contributed by atoms with E-state index in [-0.39, 0.29) is 31.3 Å². The number of ether oxygens (including phenoxy) is 3. The number of thioether (sulfide) groups is 1. The average molecular weight is 512 g/mol. The Bertz CT molecular complexity index is 882. The molecule has 1 fully saturated rings. The summed E-state index contributed by atoms with van der Waals surface area (Å²) in [7, 11) is 0. The van der Waals surface area contributed by atoms with Crippen LogP contribution in [0.1, 0.15) is 37.7 Å². The van der Waals surface area contributed by atoms with E-state index in [2.05, 4.69) is 17.4 Å². The van der Waals surface area contributed by atoms with Gasteiger partial charge < -0.3 is 29.7 Å². The lowest BCUT2D eigenvalue weighted by molar-refractivity contribution is -0.177. The predicted molar refractivity (Wildman–Crippen MR) is 131 cm³/mol.